The van der Waals surface area contributed by atoms with Crippen LogP contribution in [0.3, 0.4) is 0 Å². The molecule has 0 unspecified atom stereocenters. The average Bonchev–Trinajstić information content (AvgIpc) is 3.82. The van der Waals surface area contributed by atoms with Gasteiger partial charge in [-0.3, -0.25) is 0 Å². The van der Waals surface area contributed by atoms with Gasteiger partial charge in [0.1, 0.15) is 0 Å². The SMILES string of the molecule is Cc1ccc(N2c3ccc(-n4c5ccccc5c5ccccc54)cc3S(c3ccccc3)(c3ccccc3)c3cc(-n4c5ccccc5c5ccccc54)ccc32)cc1. The highest BCUT2D eigenvalue weighted by atomic mass is 32.3. The van der Waals surface area contributed by atoms with Crippen molar-refractivity contribution in [2.45, 2.75) is 26.5 Å². The highest BCUT2D eigenvalue weighted by Crippen LogP contribution is 2.80. The number of fused-ring (bicyclic) bond motifs is 8. The van der Waals surface area contributed by atoms with E-state index in [2.05, 4.69) is 239 Å². The second kappa shape index (κ2) is 13.1. The zero-order valence-electron chi connectivity index (χ0n) is 32.5. The summed E-state index contributed by atoms with van der Waals surface area (Å²) in [5.41, 5.74) is 11.9. The van der Waals surface area contributed by atoms with E-state index in [0.29, 0.717) is 0 Å². The normalized spacial score (nSPS) is 13.8. The van der Waals surface area contributed by atoms with E-state index in [1.165, 1.54) is 80.1 Å². The van der Waals surface area contributed by atoms with Crippen LogP contribution >= 0.6 is 10.0 Å². The summed E-state index contributed by atoms with van der Waals surface area (Å²) in [6, 6.07) is 81.3. The molecule has 0 saturated heterocycles. The molecule has 1 aliphatic rings. The van der Waals surface area contributed by atoms with Crippen LogP contribution in [-0.4, -0.2) is 9.13 Å². The van der Waals surface area contributed by atoms with Crippen LogP contribution in [0.1, 0.15) is 5.56 Å². The van der Waals surface area contributed by atoms with Crippen LogP contribution in [0.25, 0.3) is 55.0 Å². The van der Waals surface area contributed by atoms with E-state index in [1.54, 1.807) is 0 Å². The maximum atomic E-state index is 2.51. The zero-order valence-corrected chi connectivity index (χ0v) is 33.4. The Hall–Kier alpha value is -7.27. The number of aryl methyl sites for hydroxylation is 1. The van der Waals surface area contributed by atoms with Crippen molar-refractivity contribution >= 4 is 70.7 Å². The summed E-state index contributed by atoms with van der Waals surface area (Å²) >= 11 is 0. The number of nitrogens with zero attached hydrogens (tertiary/aromatic N) is 3. The number of anilines is 3. The van der Waals surface area contributed by atoms with Crippen molar-refractivity contribution in [2.75, 3.05) is 4.90 Å². The zero-order chi connectivity index (χ0) is 39.1. The van der Waals surface area contributed by atoms with Crippen molar-refractivity contribution in [2.24, 2.45) is 0 Å². The summed E-state index contributed by atoms with van der Waals surface area (Å²) in [5, 5.41) is 5.03. The van der Waals surface area contributed by atoms with E-state index in [9.17, 15) is 0 Å². The van der Waals surface area contributed by atoms with Gasteiger partial charge in [0.05, 0.1) is 33.4 Å². The maximum Gasteiger partial charge on any atom is 0.0594 e. The Morgan fingerprint density at radius 3 is 1.05 bits per heavy atom. The first-order chi connectivity index (χ1) is 29.2. The molecule has 9 aromatic carbocycles. The molecule has 3 heterocycles. The summed E-state index contributed by atoms with van der Waals surface area (Å²) in [6.45, 7) is 2.16. The molecule has 0 saturated carbocycles. The van der Waals surface area contributed by atoms with Crippen molar-refractivity contribution in [1.29, 1.82) is 0 Å². The molecule has 280 valence electrons. The summed E-state index contributed by atoms with van der Waals surface area (Å²) in [6.07, 6.45) is 0. The van der Waals surface area contributed by atoms with Gasteiger partial charge in [-0.25, -0.2) is 0 Å². The number of hydrogen-bond acceptors (Lipinski definition) is 1. The predicted octanol–water partition coefficient (Wildman–Crippen LogP) is 15.3. The third-order valence-corrected chi connectivity index (χ3v) is 16.1. The minimum atomic E-state index is -2.13. The number of rotatable bonds is 5. The van der Waals surface area contributed by atoms with Gasteiger partial charge in [0.2, 0.25) is 0 Å². The smallest absolute Gasteiger partial charge is 0.0594 e. The minimum absolute atomic E-state index is 1.14. The largest absolute Gasteiger partial charge is 0.309 e. The molecule has 0 bridgehead atoms. The highest BCUT2D eigenvalue weighted by Gasteiger charge is 2.43. The lowest BCUT2D eigenvalue weighted by Crippen LogP contribution is -2.22. The van der Waals surface area contributed by atoms with Crippen molar-refractivity contribution in [3.63, 3.8) is 0 Å². The molecular weight excluding hydrogens is 735 g/mol. The van der Waals surface area contributed by atoms with Gasteiger partial charge >= 0.3 is 0 Å². The Morgan fingerprint density at radius 2 is 0.661 bits per heavy atom. The highest BCUT2D eigenvalue weighted by molar-refractivity contribution is 8.34. The van der Waals surface area contributed by atoms with Crippen LogP contribution in [-0.2, 0) is 0 Å². The molecule has 1 aliphatic heterocycles. The molecule has 0 fully saturated rings. The minimum Gasteiger partial charge on any atom is -0.309 e. The second-order valence-corrected chi connectivity index (χ2v) is 18.5. The molecule has 0 radical (unpaired) electrons. The first-order valence-electron chi connectivity index (χ1n) is 20.3. The predicted molar refractivity (Wildman–Crippen MR) is 248 cm³/mol. The molecule has 59 heavy (non-hydrogen) atoms. The quantitative estimate of drug-likeness (QED) is 0.170. The fourth-order valence-corrected chi connectivity index (χ4v) is 13.9. The van der Waals surface area contributed by atoms with E-state index in [1.807, 2.05) is 0 Å². The molecule has 3 nitrogen and oxygen atoms in total. The molecule has 0 N–H and O–H groups in total. The number of benzene rings is 9. The second-order valence-electron chi connectivity index (χ2n) is 15.5. The fraction of sp³-hybridized carbons (Fsp3) is 0.0182. The van der Waals surface area contributed by atoms with Gasteiger partial charge in [-0.1, -0.05) is 127 Å². The van der Waals surface area contributed by atoms with E-state index in [4.69, 9.17) is 0 Å². The summed E-state index contributed by atoms with van der Waals surface area (Å²) in [4.78, 5) is 7.72. The Balaban J connectivity index is 1.24. The average molecular weight is 774 g/mol. The van der Waals surface area contributed by atoms with Crippen molar-refractivity contribution in [3.8, 4) is 11.4 Å². The first-order valence-corrected chi connectivity index (χ1v) is 21.9. The van der Waals surface area contributed by atoms with E-state index >= 15 is 0 Å². The Morgan fingerprint density at radius 1 is 0.322 bits per heavy atom. The number of hydrogen-bond donors (Lipinski definition) is 0. The Labute approximate surface area is 345 Å². The fourth-order valence-electron chi connectivity index (χ4n) is 9.66. The Bertz CT molecular complexity index is 3080. The molecular formula is C55H39N3S. The standard InChI is InChI=1S/C55H39N3S/c1-38-28-30-39(31-29-38)56-52-34-32-40(57-48-24-12-8-20-44(48)45-21-9-13-25-49(45)57)36-54(52)59(42-16-4-2-5-17-42,43-18-6-3-7-19-43)55-37-41(33-35-53(55)56)58-50-26-14-10-22-46(50)47-23-11-15-27-51(47)58/h2-37H,1H3. The van der Waals surface area contributed by atoms with Gasteiger partial charge in [-0.15, -0.1) is 10.0 Å². The molecule has 2 aromatic heterocycles. The van der Waals surface area contributed by atoms with Crippen LogP contribution in [0.2, 0.25) is 0 Å². The van der Waals surface area contributed by atoms with Crippen molar-refractivity contribution in [3.05, 3.63) is 224 Å². The van der Waals surface area contributed by atoms with Crippen LogP contribution in [0.15, 0.2) is 238 Å². The van der Waals surface area contributed by atoms with Gasteiger partial charge in [0.15, 0.2) is 0 Å². The van der Waals surface area contributed by atoms with Crippen LogP contribution < -0.4 is 4.90 Å². The topological polar surface area (TPSA) is 13.1 Å². The lowest BCUT2D eigenvalue weighted by Gasteiger charge is -2.50. The molecule has 0 spiro atoms. The van der Waals surface area contributed by atoms with Gasteiger partial charge in [0.25, 0.3) is 0 Å². The summed E-state index contributed by atoms with van der Waals surface area (Å²) < 4.78 is 4.93. The molecule has 0 atom stereocenters. The van der Waals surface area contributed by atoms with Crippen molar-refractivity contribution < 1.29 is 0 Å². The monoisotopic (exact) mass is 773 g/mol. The third kappa shape index (κ3) is 4.90. The van der Waals surface area contributed by atoms with Crippen molar-refractivity contribution in [1.82, 2.24) is 9.13 Å². The van der Waals surface area contributed by atoms with Gasteiger partial charge in [-0.05, 0) is 104 Å². The van der Waals surface area contributed by atoms with Gasteiger partial charge < -0.3 is 14.0 Å². The van der Waals surface area contributed by atoms with Crippen LogP contribution in [0.5, 0.6) is 0 Å². The number of para-hydroxylation sites is 4. The molecule has 0 amide bonds. The molecule has 0 aliphatic carbocycles. The molecule has 4 heteroatoms. The Kier molecular flexibility index (Phi) is 7.53. The molecule has 11 aromatic rings. The third-order valence-electron chi connectivity index (χ3n) is 12.2. The number of aromatic nitrogens is 2. The maximum absolute atomic E-state index is 2.51. The van der Waals surface area contributed by atoms with E-state index in [-0.39, 0.29) is 0 Å². The van der Waals surface area contributed by atoms with Crippen LogP contribution in [0.4, 0.5) is 17.1 Å². The summed E-state index contributed by atoms with van der Waals surface area (Å²) in [5.74, 6) is 0. The lowest BCUT2D eigenvalue weighted by atomic mass is 10.1. The molecule has 12 rings (SSSR count). The van der Waals surface area contributed by atoms with E-state index < -0.39 is 10.0 Å². The van der Waals surface area contributed by atoms with Crippen LogP contribution in [0, 0.1) is 6.92 Å². The summed E-state index contributed by atoms with van der Waals surface area (Å²) in [7, 11) is -2.13. The van der Waals surface area contributed by atoms with Gasteiger partial charge in [-0.2, -0.15) is 0 Å². The van der Waals surface area contributed by atoms with E-state index in [0.717, 1.165) is 17.1 Å². The lowest BCUT2D eigenvalue weighted by molar-refractivity contribution is 1.08. The van der Waals surface area contributed by atoms with Gasteiger partial charge in [0, 0.05) is 58.2 Å². The first kappa shape index (κ1) is 33.8.